The fraction of sp³-hybridized carbons (Fsp3) is 0.261. The van der Waals surface area contributed by atoms with Gasteiger partial charge in [0.15, 0.2) is 5.76 Å². The van der Waals surface area contributed by atoms with Gasteiger partial charge in [-0.3, -0.25) is 4.79 Å². The van der Waals surface area contributed by atoms with Gasteiger partial charge in [0.05, 0.1) is 0 Å². The van der Waals surface area contributed by atoms with Gasteiger partial charge >= 0.3 is 0 Å². The third-order valence-corrected chi connectivity index (χ3v) is 7.07. The molecule has 1 aromatic heterocycles. The molecule has 148 valence electrons. The number of amides is 1. The van der Waals surface area contributed by atoms with Crippen LogP contribution < -0.4 is 5.32 Å². The second-order valence-electron chi connectivity index (χ2n) is 7.88. The molecule has 2 bridgehead atoms. The fourth-order valence-corrected chi connectivity index (χ4v) is 5.47. The maximum Gasteiger partial charge on any atom is 0.287 e. The number of hydrogen-bond donors (Lipinski definition) is 1. The second-order valence-corrected chi connectivity index (χ2v) is 9.83. The Bertz CT molecular complexity index is 1160. The van der Waals surface area contributed by atoms with Gasteiger partial charge in [-0.25, -0.2) is 8.42 Å². The van der Waals surface area contributed by atoms with Crippen molar-refractivity contribution in [3.05, 3.63) is 88.7 Å². The summed E-state index contributed by atoms with van der Waals surface area (Å²) in [6.45, 7) is 0.511. The average Bonchev–Trinajstić information content (AvgIpc) is 3.23. The minimum Gasteiger partial charge on any atom is -0.440 e. The summed E-state index contributed by atoms with van der Waals surface area (Å²) in [5, 5.41) is 2.76. The van der Waals surface area contributed by atoms with Crippen LogP contribution in [0.1, 0.15) is 51.1 Å². The average molecular weight is 407 g/mol. The van der Waals surface area contributed by atoms with Crippen molar-refractivity contribution in [2.45, 2.75) is 23.3 Å². The van der Waals surface area contributed by atoms with Crippen molar-refractivity contribution in [3.8, 4) is 0 Å². The van der Waals surface area contributed by atoms with Crippen molar-refractivity contribution in [3.63, 3.8) is 0 Å². The summed E-state index contributed by atoms with van der Waals surface area (Å²) in [7, 11) is -3.47. The third-order valence-electron chi connectivity index (χ3n) is 6.12. The molecule has 2 aromatic carbocycles. The highest BCUT2D eigenvalue weighted by atomic mass is 32.2. The Morgan fingerprint density at radius 1 is 0.966 bits per heavy atom. The lowest BCUT2D eigenvalue weighted by Crippen LogP contribution is -2.39. The SMILES string of the molecule is CS(=O)(=O)c1ccc(C(=O)NCC2CC3c4ccccc4C2c2ccccc23)o1. The van der Waals surface area contributed by atoms with E-state index in [4.69, 9.17) is 4.42 Å². The maximum atomic E-state index is 12.5. The lowest BCUT2D eigenvalue weighted by Gasteiger charge is -2.45. The number of sulfone groups is 1. The molecule has 3 aromatic rings. The molecule has 29 heavy (non-hydrogen) atoms. The highest BCUT2D eigenvalue weighted by Gasteiger charge is 2.42. The van der Waals surface area contributed by atoms with Crippen LogP contribution in [0.3, 0.4) is 0 Å². The number of carbonyl (C=O) groups excluding carboxylic acids is 1. The standard InChI is InChI=1S/C23H21NO4S/c1-29(26,27)21-11-10-20(28-21)23(25)24-13-14-12-19-15-6-2-4-8-17(15)22(14)18-9-5-3-7-16(18)19/h2-11,14,19,22H,12-13H2,1H3,(H,24,25). The van der Waals surface area contributed by atoms with Crippen LogP contribution in [0.4, 0.5) is 0 Å². The summed E-state index contributed by atoms with van der Waals surface area (Å²) < 4.78 is 28.4. The second kappa shape index (κ2) is 6.59. The van der Waals surface area contributed by atoms with E-state index in [0.29, 0.717) is 12.5 Å². The van der Waals surface area contributed by atoms with E-state index in [1.165, 1.54) is 34.4 Å². The summed E-state index contributed by atoms with van der Waals surface area (Å²) in [5.74, 6) is 0.499. The zero-order valence-electron chi connectivity index (χ0n) is 16.0. The first kappa shape index (κ1) is 18.2. The van der Waals surface area contributed by atoms with Gasteiger partial charge in [0.2, 0.25) is 14.9 Å². The van der Waals surface area contributed by atoms with Crippen LogP contribution >= 0.6 is 0 Å². The quantitative estimate of drug-likeness (QED) is 0.715. The molecular weight excluding hydrogens is 386 g/mol. The Morgan fingerprint density at radius 2 is 1.55 bits per heavy atom. The molecular formula is C23H21NO4S. The van der Waals surface area contributed by atoms with Crippen LogP contribution in [0.2, 0.25) is 0 Å². The first-order chi connectivity index (χ1) is 13.9. The molecule has 0 radical (unpaired) electrons. The van der Waals surface area contributed by atoms with Gasteiger partial charge in [0, 0.05) is 24.6 Å². The Balaban J connectivity index is 1.39. The van der Waals surface area contributed by atoms with E-state index in [2.05, 4.69) is 53.8 Å². The number of nitrogens with one attached hydrogen (secondary N) is 1. The van der Waals surface area contributed by atoms with Crippen LogP contribution in [0.5, 0.6) is 0 Å². The van der Waals surface area contributed by atoms with E-state index in [0.717, 1.165) is 12.7 Å². The number of hydrogen-bond acceptors (Lipinski definition) is 4. The van der Waals surface area contributed by atoms with E-state index in [-0.39, 0.29) is 28.6 Å². The number of rotatable bonds is 4. The largest absolute Gasteiger partial charge is 0.440 e. The molecule has 0 saturated heterocycles. The van der Waals surface area contributed by atoms with Gasteiger partial charge in [0.1, 0.15) is 0 Å². The minimum atomic E-state index is -3.47. The topological polar surface area (TPSA) is 76.4 Å². The third kappa shape index (κ3) is 2.99. The highest BCUT2D eigenvalue weighted by molar-refractivity contribution is 7.90. The Hall–Kier alpha value is -2.86. The van der Waals surface area contributed by atoms with Gasteiger partial charge in [-0.1, -0.05) is 48.5 Å². The van der Waals surface area contributed by atoms with Crippen LogP contribution in [-0.2, 0) is 9.84 Å². The van der Waals surface area contributed by atoms with Gasteiger partial charge < -0.3 is 9.73 Å². The molecule has 0 fully saturated rings. The molecule has 0 spiro atoms. The molecule has 1 atom stereocenters. The lowest BCUT2D eigenvalue weighted by molar-refractivity contribution is 0.0910. The Labute approximate surface area is 169 Å². The normalized spacial score (nSPS) is 22.0. The summed E-state index contributed by atoms with van der Waals surface area (Å²) in [6.07, 6.45) is 2.03. The highest BCUT2D eigenvalue weighted by Crippen LogP contribution is 2.55. The molecule has 1 N–H and O–H groups in total. The molecule has 1 amide bonds. The summed E-state index contributed by atoms with van der Waals surface area (Å²) in [6, 6.07) is 19.9. The molecule has 1 heterocycles. The van der Waals surface area contributed by atoms with Crippen molar-refractivity contribution in [1.82, 2.24) is 5.32 Å². The predicted octanol–water partition coefficient (Wildman–Crippen LogP) is 3.71. The van der Waals surface area contributed by atoms with E-state index in [1.807, 2.05) is 0 Å². The summed E-state index contributed by atoms with van der Waals surface area (Å²) in [5.41, 5.74) is 5.48. The number of benzene rings is 2. The molecule has 6 heteroatoms. The molecule has 1 unspecified atom stereocenters. The van der Waals surface area contributed by atoms with Crippen LogP contribution in [0.15, 0.2) is 70.2 Å². The van der Waals surface area contributed by atoms with Gasteiger partial charge in [-0.15, -0.1) is 0 Å². The van der Waals surface area contributed by atoms with Crippen LogP contribution in [0.25, 0.3) is 0 Å². The first-order valence-corrected chi connectivity index (χ1v) is 11.6. The van der Waals surface area contributed by atoms with Crippen molar-refractivity contribution >= 4 is 15.7 Å². The van der Waals surface area contributed by atoms with Gasteiger partial charge in [-0.2, -0.15) is 0 Å². The van der Waals surface area contributed by atoms with E-state index in [9.17, 15) is 13.2 Å². The lowest BCUT2D eigenvalue weighted by atomic mass is 9.59. The maximum absolute atomic E-state index is 12.5. The number of carbonyl (C=O) groups is 1. The monoisotopic (exact) mass is 407 g/mol. The molecule has 0 saturated carbocycles. The molecule has 3 aliphatic rings. The van der Waals surface area contributed by atoms with E-state index >= 15 is 0 Å². The first-order valence-electron chi connectivity index (χ1n) is 9.69. The van der Waals surface area contributed by atoms with Crippen LogP contribution in [0, 0.1) is 5.92 Å². The predicted molar refractivity (Wildman–Crippen MR) is 109 cm³/mol. The van der Waals surface area contributed by atoms with Crippen molar-refractivity contribution < 1.29 is 17.6 Å². The smallest absolute Gasteiger partial charge is 0.287 e. The van der Waals surface area contributed by atoms with Gasteiger partial charge in [0.25, 0.3) is 5.91 Å². The van der Waals surface area contributed by atoms with Crippen molar-refractivity contribution in [2.75, 3.05) is 12.8 Å². The van der Waals surface area contributed by atoms with E-state index in [1.54, 1.807) is 0 Å². The minimum absolute atomic E-state index is 0.0206. The molecule has 5 nitrogen and oxygen atoms in total. The molecule has 0 aliphatic heterocycles. The van der Waals surface area contributed by atoms with Crippen molar-refractivity contribution in [2.24, 2.45) is 5.92 Å². The molecule has 3 aliphatic carbocycles. The number of furan rings is 1. The van der Waals surface area contributed by atoms with E-state index < -0.39 is 9.84 Å². The van der Waals surface area contributed by atoms with Crippen LogP contribution in [-0.4, -0.2) is 27.1 Å². The summed E-state index contributed by atoms with van der Waals surface area (Å²) in [4.78, 5) is 12.5. The summed E-state index contributed by atoms with van der Waals surface area (Å²) >= 11 is 0. The number of fused-ring (bicyclic) bond motifs is 1. The zero-order valence-corrected chi connectivity index (χ0v) is 16.8. The fourth-order valence-electron chi connectivity index (χ4n) is 4.91. The van der Waals surface area contributed by atoms with Gasteiger partial charge in [-0.05, 0) is 46.7 Å². The van der Waals surface area contributed by atoms with Crippen molar-refractivity contribution in [1.29, 1.82) is 0 Å². The molecule has 6 rings (SSSR count). The Kier molecular flexibility index (Phi) is 4.13. The zero-order chi connectivity index (χ0) is 20.2. The Morgan fingerprint density at radius 3 is 2.10 bits per heavy atom.